The number of aromatic nitrogens is 1. The van der Waals surface area contributed by atoms with Crippen molar-refractivity contribution in [3.05, 3.63) is 48.5 Å². The van der Waals surface area contributed by atoms with Crippen LogP contribution in [0, 0.1) is 0 Å². The first-order valence-electron chi connectivity index (χ1n) is 4.79. The van der Waals surface area contributed by atoms with Gasteiger partial charge in [-0.25, -0.2) is 9.98 Å². The van der Waals surface area contributed by atoms with Crippen LogP contribution < -0.4 is 0 Å². The number of azo groups is 1. The maximum atomic E-state index is 4.12. The van der Waals surface area contributed by atoms with E-state index in [9.17, 15) is 0 Å². The Labute approximate surface area is 93.4 Å². The fourth-order valence-corrected chi connectivity index (χ4v) is 1.16. The Balaban J connectivity index is 2.20. The zero-order chi connectivity index (χ0) is 11.2. The monoisotopic (exact) mass is 210 g/mol. The molecule has 0 N–H and O–H groups in total. The van der Waals surface area contributed by atoms with Gasteiger partial charge in [0.15, 0.2) is 11.6 Å². The highest BCUT2D eigenvalue weighted by atomic mass is 15.2. The van der Waals surface area contributed by atoms with Crippen molar-refractivity contribution in [2.24, 2.45) is 15.2 Å². The van der Waals surface area contributed by atoms with Crippen LogP contribution in [-0.2, 0) is 0 Å². The molecule has 1 aromatic heterocycles. The van der Waals surface area contributed by atoms with Gasteiger partial charge in [-0.3, -0.25) is 0 Å². The van der Waals surface area contributed by atoms with Crippen LogP contribution in [-0.4, -0.2) is 11.7 Å². The quantitative estimate of drug-likeness (QED) is 0.561. The van der Waals surface area contributed by atoms with Crippen molar-refractivity contribution in [1.82, 2.24) is 4.98 Å². The molecule has 0 amide bonds. The number of nitrogens with zero attached hydrogens (tertiary/aromatic N) is 4. The third kappa shape index (κ3) is 2.57. The van der Waals surface area contributed by atoms with Crippen molar-refractivity contribution in [3.8, 4) is 0 Å². The van der Waals surface area contributed by atoms with Crippen molar-refractivity contribution < 1.29 is 0 Å². The van der Waals surface area contributed by atoms with E-state index in [0.717, 1.165) is 5.69 Å². The standard InChI is InChI=1S/C12H10N4/c1-13-11-8-5-9-12(14-11)16-15-10-6-3-2-4-7-10/h2-9H,1H2. The Hall–Kier alpha value is -2.36. The molecule has 0 radical (unpaired) electrons. The Morgan fingerprint density at radius 2 is 1.56 bits per heavy atom. The Bertz CT molecular complexity index is 505. The largest absolute Gasteiger partial charge is 0.245 e. The SMILES string of the molecule is C=Nc1cccc(N=Nc2ccccc2)n1. The van der Waals surface area contributed by atoms with E-state index in [0.29, 0.717) is 11.6 Å². The fraction of sp³-hybridized carbons (Fsp3) is 0. The summed E-state index contributed by atoms with van der Waals surface area (Å²) >= 11 is 0. The highest BCUT2D eigenvalue weighted by molar-refractivity contribution is 5.44. The van der Waals surface area contributed by atoms with E-state index in [1.165, 1.54) is 0 Å². The summed E-state index contributed by atoms with van der Waals surface area (Å²) in [6, 6.07) is 14.8. The molecule has 2 aromatic rings. The van der Waals surface area contributed by atoms with Crippen LogP contribution in [0.2, 0.25) is 0 Å². The highest BCUT2D eigenvalue weighted by Crippen LogP contribution is 2.18. The molecule has 0 unspecified atom stereocenters. The molecule has 1 heterocycles. The topological polar surface area (TPSA) is 50.0 Å². The number of hydrogen-bond acceptors (Lipinski definition) is 4. The summed E-state index contributed by atoms with van der Waals surface area (Å²) in [4.78, 5) is 7.84. The molecule has 16 heavy (non-hydrogen) atoms. The molecule has 0 saturated carbocycles. The van der Waals surface area contributed by atoms with Crippen molar-refractivity contribution in [1.29, 1.82) is 0 Å². The van der Waals surface area contributed by atoms with E-state index < -0.39 is 0 Å². The highest BCUT2D eigenvalue weighted by Gasteiger charge is 1.93. The van der Waals surface area contributed by atoms with Gasteiger partial charge in [-0.2, -0.15) is 0 Å². The lowest BCUT2D eigenvalue weighted by molar-refractivity contribution is 1.15. The average molecular weight is 210 g/mol. The molecular weight excluding hydrogens is 200 g/mol. The minimum Gasteiger partial charge on any atom is -0.245 e. The van der Waals surface area contributed by atoms with E-state index in [1.807, 2.05) is 36.4 Å². The first kappa shape index (κ1) is 10.2. The molecule has 0 spiro atoms. The molecule has 2 rings (SSSR count). The van der Waals surface area contributed by atoms with E-state index in [-0.39, 0.29) is 0 Å². The average Bonchev–Trinajstić information content (AvgIpc) is 2.38. The van der Waals surface area contributed by atoms with E-state index in [1.54, 1.807) is 12.1 Å². The lowest BCUT2D eigenvalue weighted by atomic mass is 10.3. The molecule has 4 heteroatoms. The van der Waals surface area contributed by atoms with Gasteiger partial charge in [0, 0.05) is 0 Å². The maximum absolute atomic E-state index is 4.12. The second-order valence-corrected chi connectivity index (χ2v) is 3.05. The van der Waals surface area contributed by atoms with E-state index in [2.05, 4.69) is 26.9 Å². The summed E-state index contributed by atoms with van der Waals surface area (Å²) in [5, 5.41) is 8.06. The second-order valence-electron chi connectivity index (χ2n) is 3.05. The molecular formula is C12H10N4. The van der Waals surface area contributed by atoms with E-state index in [4.69, 9.17) is 0 Å². The predicted molar refractivity (Wildman–Crippen MR) is 64.1 cm³/mol. The first-order valence-corrected chi connectivity index (χ1v) is 4.79. The van der Waals surface area contributed by atoms with Crippen LogP contribution in [0.1, 0.15) is 0 Å². The summed E-state index contributed by atoms with van der Waals surface area (Å²) in [7, 11) is 0. The lowest BCUT2D eigenvalue weighted by Crippen LogP contribution is -1.72. The molecule has 0 aliphatic heterocycles. The lowest BCUT2D eigenvalue weighted by Gasteiger charge is -1.93. The minimum atomic E-state index is 0.522. The van der Waals surface area contributed by atoms with Gasteiger partial charge in [0.25, 0.3) is 0 Å². The summed E-state index contributed by atoms with van der Waals surface area (Å²) in [6.07, 6.45) is 0. The third-order valence-electron chi connectivity index (χ3n) is 1.91. The van der Waals surface area contributed by atoms with Crippen molar-refractivity contribution in [3.63, 3.8) is 0 Å². The van der Waals surface area contributed by atoms with Gasteiger partial charge < -0.3 is 0 Å². The Morgan fingerprint density at radius 3 is 2.31 bits per heavy atom. The molecule has 0 aliphatic carbocycles. The van der Waals surface area contributed by atoms with Crippen LogP contribution in [0.5, 0.6) is 0 Å². The molecule has 0 bridgehead atoms. The van der Waals surface area contributed by atoms with Gasteiger partial charge in [0.05, 0.1) is 5.69 Å². The van der Waals surface area contributed by atoms with Gasteiger partial charge in [-0.05, 0) is 31.0 Å². The van der Waals surface area contributed by atoms with Crippen LogP contribution in [0.25, 0.3) is 0 Å². The molecule has 0 atom stereocenters. The molecule has 78 valence electrons. The number of rotatable bonds is 3. The minimum absolute atomic E-state index is 0.522. The van der Waals surface area contributed by atoms with Gasteiger partial charge in [0.1, 0.15) is 0 Å². The van der Waals surface area contributed by atoms with E-state index >= 15 is 0 Å². The molecule has 1 aromatic carbocycles. The Kier molecular flexibility index (Phi) is 3.13. The molecule has 0 saturated heterocycles. The fourth-order valence-electron chi connectivity index (χ4n) is 1.16. The zero-order valence-corrected chi connectivity index (χ0v) is 8.61. The number of hydrogen-bond donors (Lipinski definition) is 0. The smallest absolute Gasteiger partial charge is 0.176 e. The zero-order valence-electron chi connectivity index (χ0n) is 8.61. The summed E-state index contributed by atoms with van der Waals surface area (Å²) in [6.45, 7) is 3.41. The van der Waals surface area contributed by atoms with Crippen LogP contribution in [0.3, 0.4) is 0 Å². The van der Waals surface area contributed by atoms with Crippen molar-refractivity contribution in [2.75, 3.05) is 0 Å². The molecule has 0 fully saturated rings. The van der Waals surface area contributed by atoms with Crippen LogP contribution >= 0.6 is 0 Å². The number of pyridine rings is 1. The van der Waals surface area contributed by atoms with Gasteiger partial charge in [0.2, 0.25) is 0 Å². The molecule has 4 nitrogen and oxygen atoms in total. The normalized spacial score (nSPS) is 10.5. The van der Waals surface area contributed by atoms with Crippen LogP contribution in [0.15, 0.2) is 63.8 Å². The van der Waals surface area contributed by atoms with Gasteiger partial charge in [-0.1, -0.05) is 24.3 Å². The summed E-state index contributed by atoms with van der Waals surface area (Å²) < 4.78 is 0. The third-order valence-corrected chi connectivity index (χ3v) is 1.91. The van der Waals surface area contributed by atoms with Crippen LogP contribution in [0.4, 0.5) is 17.3 Å². The van der Waals surface area contributed by atoms with Gasteiger partial charge in [-0.15, -0.1) is 10.2 Å². The second kappa shape index (κ2) is 4.93. The van der Waals surface area contributed by atoms with Crippen molar-refractivity contribution in [2.45, 2.75) is 0 Å². The number of benzene rings is 1. The maximum Gasteiger partial charge on any atom is 0.176 e. The summed E-state index contributed by atoms with van der Waals surface area (Å²) in [5.41, 5.74) is 0.793. The first-order chi connectivity index (χ1) is 7.88. The summed E-state index contributed by atoms with van der Waals surface area (Å²) in [5.74, 6) is 1.07. The predicted octanol–water partition coefficient (Wildman–Crippen LogP) is 3.83. The Morgan fingerprint density at radius 1 is 0.812 bits per heavy atom. The molecule has 0 aliphatic rings. The number of aliphatic imine (C=N–C) groups is 1. The van der Waals surface area contributed by atoms with Crippen molar-refractivity contribution >= 4 is 24.0 Å². The van der Waals surface area contributed by atoms with Gasteiger partial charge >= 0.3 is 0 Å².